The smallest absolute Gasteiger partial charge is 0.205 e. The van der Waals surface area contributed by atoms with E-state index in [9.17, 15) is 0 Å². The van der Waals surface area contributed by atoms with E-state index in [2.05, 4.69) is 13.1 Å². The van der Waals surface area contributed by atoms with E-state index in [0.717, 1.165) is 0 Å². The summed E-state index contributed by atoms with van der Waals surface area (Å²) in [6, 6.07) is 1.35. The Hall–Kier alpha value is 0.527. The van der Waals surface area contributed by atoms with E-state index in [1.807, 2.05) is 0 Å². The molecule has 0 atom stereocenters. The number of hydrogen-bond donors (Lipinski definition) is 0. The van der Waals surface area contributed by atoms with Crippen LogP contribution in [0.4, 0.5) is 0 Å². The van der Waals surface area contributed by atoms with Crippen molar-refractivity contribution in [1.82, 2.24) is 0 Å². The van der Waals surface area contributed by atoms with Crippen molar-refractivity contribution in [3.05, 3.63) is 0 Å². The Balaban J connectivity index is 2.33. The van der Waals surface area contributed by atoms with Gasteiger partial charge in [0.25, 0.3) is 0 Å². The lowest BCUT2D eigenvalue weighted by atomic mass is 10.6. The maximum atomic E-state index is 5.52. The van der Waals surface area contributed by atoms with E-state index in [1.165, 1.54) is 18.2 Å². The molecule has 0 aliphatic carbocycles. The van der Waals surface area contributed by atoms with E-state index >= 15 is 0 Å². The molecule has 0 bridgehead atoms. The standard InChI is InChI=1S/C5H12OSSi/c1-8(2)5-3-4-7-6-8/h3-5H2,1-2H3. The fourth-order valence-corrected chi connectivity index (χ4v) is 4.29. The predicted octanol–water partition coefficient (Wildman–Crippen LogP) is 2.26. The summed E-state index contributed by atoms with van der Waals surface area (Å²) in [6.45, 7) is 4.55. The lowest BCUT2D eigenvalue weighted by Crippen LogP contribution is -2.30. The van der Waals surface area contributed by atoms with Crippen molar-refractivity contribution in [2.45, 2.75) is 25.6 Å². The van der Waals surface area contributed by atoms with Crippen LogP contribution in [-0.2, 0) is 3.87 Å². The van der Waals surface area contributed by atoms with E-state index in [-0.39, 0.29) is 0 Å². The third-order valence-corrected chi connectivity index (χ3v) is 5.58. The van der Waals surface area contributed by atoms with Crippen LogP contribution in [0.5, 0.6) is 0 Å². The second-order valence-corrected chi connectivity index (χ2v) is 8.10. The van der Waals surface area contributed by atoms with E-state index < -0.39 is 8.32 Å². The summed E-state index contributed by atoms with van der Waals surface area (Å²) in [5.74, 6) is 1.20. The van der Waals surface area contributed by atoms with Gasteiger partial charge in [0.1, 0.15) is 0 Å². The van der Waals surface area contributed by atoms with Crippen LogP contribution in [-0.4, -0.2) is 14.1 Å². The zero-order valence-corrected chi connectivity index (χ0v) is 7.25. The second-order valence-electron chi connectivity index (χ2n) is 2.77. The minimum atomic E-state index is -1.13. The molecule has 0 aromatic rings. The molecular formula is C5H12OSSi. The second kappa shape index (κ2) is 2.41. The molecule has 8 heavy (non-hydrogen) atoms. The molecule has 1 aliphatic heterocycles. The summed E-state index contributed by atoms with van der Waals surface area (Å²) in [7, 11) is -1.13. The van der Waals surface area contributed by atoms with Crippen molar-refractivity contribution in [2.24, 2.45) is 0 Å². The van der Waals surface area contributed by atoms with Gasteiger partial charge in [-0.25, -0.2) is 0 Å². The van der Waals surface area contributed by atoms with Crippen LogP contribution >= 0.6 is 12.0 Å². The first-order valence-corrected chi connectivity index (χ1v) is 7.04. The highest BCUT2D eigenvalue weighted by Gasteiger charge is 2.25. The highest BCUT2D eigenvalue weighted by molar-refractivity contribution is 7.95. The molecular weight excluding hydrogens is 136 g/mol. The van der Waals surface area contributed by atoms with Crippen molar-refractivity contribution < 1.29 is 3.87 Å². The molecule has 0 spiro atoms. The van der Waals surface area contributed by atoms with Gasteiger partial charge in [-0.1, -0.05) is 0 Å². The van der Waals surface area contributed by atoms with Crippen molar-refractivity contribution in [1.29, 1.82) is 0 Å². The third-order valence-electron chi connectivity index (χ3n) is 1.29. The molecule has 48 valence electrons. The molecule has 3 heteroatoms. The Bertz CT molecular complexity index is 76.5. The first kappa shape index (κ1) is 6.64. The summed E-state index contributed by atoms with van der Waals surface area (Å²) >= 11 is 1.66. The van der Waals surface area contributed by atoms with Gasteiger partial charge in [-0.2, -0.15) is 0 Å². The average molecular weight is 148 g/mol. The molecule has 0 N–H and O–H groups in total. The molecule has 0 aromatic heterocycles. The first-order valence-electron chi connectivity index (χ1n) is 3.01. The Labute approximate surface area is 56.1 Å². The quantitative estimate of drug-likeness (QED) is 0.385. The van der Waals surface area contributed by atoms with Crippen LogP contribution < -0.4 is 0 Å². The summed E-state index contributed by atoms with van der Waals surface area (Å²) in [5.41, 5.74) is 0. The minimum absolute atomic E-state index is 1.13. The van der Waals surface area contributed by atoms with Crippen LogP contribution in [0.1, 0.15) is 6.42 Å². The molecule has 0 unspecified atom stereocenters. The fourth-order valence-electron chi connectivity index (χ4n) is 0.800. The summed E-state index contributed by atoms with van der Waals surface area (Å²) in [4.78, 5) is 0. The van der Waals surface area contributed by atoms with Crippen molar-refractivity contribution in [3.63, 3.8) is 0 Å². The van der Waals surface area contributed by atoms with Gasteiger partial charge < -0.3 is 3.87 Å². The van der Waals surface area contributed by atoms with Crippen LogP contribution in [0.15, 0.2) is 0 Å². The monoisotopic (exact) mass is 148 g/mol. The van der Waals surface area contributed by atoms with Crippen LogP contribution in [0.2, 0.25) is 19.1 Å². The first-order chi connectivity index (χ1) is 3.71. The average Bonchev–Trinajstić information content (AvgIpc) is 1.65. The van der Waals surface area contributed by atoms with E-state index in [1.54, 1.807) is 12.0 Å². The molecule has 1 nitrogen and oxygen atoms in total. The minimum Gasteiger partial charge on any atom is -0.357 e. The normalized spacial score (nSPS) is 27.8. The predicted molar refractivity (Wildman–Crippen MR) is 40.4 cm³/mol. The Kier molecular flexibility index (Phi) is 2.00. The molecule has 0 saturated carbocycles. The Morgan fingerprint density at radius 3 is 2.50 bits per heavy atom. The van der Waals surface area contributed by atoms with Crippen molar-refractivity contribution >= 4 is 20.4 Å². The summed E-state index contributed by atoms with van der Waals surface area (Å²) in [5, 5.41) is 0. The molecule has 0 radical (unpaired) electrons. The molecule has 0 amide bonds. The lowest BCUT2D eigenvalue weighted by molar-refractivity contribution is 0.614. The third kappa shape index (κ3) is 1.80. The van der Waals surface area contributed by atoms with E-state index in [4.69, 9.17) is 3.87 Å². The topological polar surface area (TPSA) is 9.23 Å². The molecule has 1 saturated heterocycles. The highest BCUT2D eigenvalue weighted by Crippen LogP contribution is 2.26. The lowest BCUT2D eigenvalue weighted by Gasteiger charge is -2.25. The largest absolute Gasteiger partial charge is 0.357 e. The molecule has 1 rings (SSSR count). The van der Waals surface area contributed by atoms with Crippen molar-refractivity contribution in [3.8, 4) is 0 Å². The van der Waals surface area contributed by atoms with Crippen molar-refractivity contribution in [2.75, 3.05) is 5.75 Å². The zero-order chi connectivity index (χ0) is 6.04. The van der Waals surface area contributed by atoms with Gasteiger partial charge in [-0.3, -0.25) is 0 Å². The zero-order valence-electron chi connectivity index (χ0n) is 5.44. The van der Waals surface area contributed by atoms with Gasteiger partial charge >= 0.3 is 0 Å². The van der Waals surface area contributed by atoms with Gasteiger partial charge in [0.05, 0.1) is 0 Å². The molecule has 1 aliphatic rings. The SMILES string of the molecule is C[Si]1(C)CCCSO1. The van der Waals surface area contributed by atoms with E-state index in [0.29, 0.717) is 0 Å². The summed E-state index contributed by atoms with van der Waals surface area (Å²) in [6.07, 6.45) is 1.36. The van der Waals surface area contributed by atoms with Gasteiger partial charge in [0.2, 0.25) is 8.32 Å². The van der Waals surface area contributed by atoms with Crippen LogP contribution in [0, 0.1) is 0 Å². The number of hydrogen-bond acceptors (Lipinski definition) is 2. The highest BCUT2D eigenvalue weighted by atomic mass is 32.2. The maximum absolute atomic E-state index is 5.52. The van der Waals surface area contributed by atoms with Gasteiger partial charge in [-0.05, 0) is 37.6 Å². The van der Waals surface area contributed by atoms with Crippen LogP contribution in [0.25, 0.3) is 0 Å². The Morgan fingerprint density at radius 1 is 1.50 bits per heavy atom. The Morgan fingerprint density at radius 2 is 2.25 bits per heavy atom. The van der Waals surface area contributed by atoms with Crippen LogP contribution in [0.3, 0.4) is 0 Å². The molecule has 1 heterocycles. The van der Waals surface area contributed by atoms with Gasteiger partial charge in [-0.15, -0.1) is 0 Å². The maximum Gasteiger partial charge on any atom is 0.205 e. The van der Waals surface area contributed by atoms with Gasteiger partial charge in [0.15, 0.2) is 0 Å². The fraction of sp³-hybridized carbons (Fsp3) is 1.00. The number of rotatable bonds is 0. The molecule has 0 aromatic carbocycles. The summed E-state index contributed by atoms with van der Waals surface area (Å²) < 4.78 is 5.52. The van der Waals surface area contributed by atoms with Gasteiger partial charge in [0, 0.05) is 5.75 Å². The molecule has 1 fully saturated rings.